The molecule has 1 fully saturated rings. The number of alkyl halides is 4. The SMILES string of the molecule is CCCCn1c(=O)n(C2OC([C@@H](OC(C)=O)C(F)(F)F)C(F)C2OC(C)=O)c2nc(N)ncc21. The molecule has 4 unspecified atom stereocenters. The number of carbonyl (C=O) groups excluding carboxylic acids is 2. The number of imidazole rings is 1. The van der Waals surface area contributed by atoms with Crippen LogP contribution in [0.5, 0.6) is 0 Å². The van der Waals surface area contributed by atoms with Gasteiger partial charge in [0.2, 0.25) is 12.1 Å². The van der Waals surface area contributed by atoms with E-state index in [0.29, 0.717) is 19.8 Å². The highest BCUT2D eigenvalue weighted by molar-refractivity contribution is 5.72. The molecule has 0 spiro atoms. The predicted molar refractivity (Wildman–Crippen MR) is 107 cm³/mol. The molecule has 5 atom stereocenters. The number of anilines is 1. The van der Waals surface area contributed by atoms with Gasteiger partial charge in [0.1, 0.15) is 11.6 Å². The third kappa shape index (κ3) is 4.83. The summed E-state index contributed by atoms with van der Waals surface area (Å²) in [6, 6.07) is 0. The maximum Gasteiger partial charge on any atom is 0.428 e. The van der Waals surface area contributed by atoms with Crippen LogP contribution in [-0.4, -0.2) is 61.7 Å². The number of hydrogen-bond acceptors (Lipinski definition) is 9. The first-order valence-electron chi connectivity index (χ1n) is 10.3. The highest BCUT2D eigenvalue weighted by Crippen LogP contribution is 2.41. The summed E-state index contributed by atoms with van der Waals surface area (Å²) in [7, 11) is 0. The van der Waals surface area contributed by atoms with Crippen LogP contribution in [0.4, 0.5) is 23.5 Å². The van der Waals surface area contributed by atoms with E-state index >= 15 is 4.39 Å². The number of esters is 2. The molecule has 3 heterocycles. The van der Waals surface area contributed by atoms with Gasteiger partial charge >= 0.3 is 23.8 Å². The lowest BCUT2D eigenvalue weighted by molar-refractivity contribution is -0.252. The minimum atomic E-state index is -5.22. The van der Waals surface area contributed by atoms with E-state index in [9.17, 15) is 27.6 Å². The lowest BCUT2D eigenvalue weighted by Gasteiger charge is -2.26. The lowest BCUT2D eigenvalue weighted by Crippen LogP contribution is -2.47. The average Bonchev–Trinajstić information content (AvgIpc) is 3.16. The van der Waals surface area contributed by atoms with Gasteiger partial charge in [0.05, 0.1) is 6.20 Å². The Morgan fingerprint density at radius 1 is 1.29 bits per heavy atom. The molecule has 0 bridgehead atoms. The number of fused-ring (bicyclic) bond motifs is 1. The van der Waals surface area contributed by atoms with Crippen LogP contribution in [0.2, 0.25) is 0 Å². The first kappa shape index (κ1) is 25.4. The van der Waals surface area contributed by atoms with Gasteiger partial charge in [-0.05, 0) is 6.42 Å². The number of rotatable bonds is 7. The molecule has 1 aliphatic rings. The van der Waals surface area contributed by atoms with Gasteiger partial charge in [0, 0.05) is 20.4 Å². The Balaban J connectivity index is 2.17. The van der Waals surface area contributed by atoms with Gasteiger partial charge in [0.25, 0.3) is 0 Å². The van der Waals surface area contributed by atoms with Crippen molar-refractivity contribution >= 4 is 29.1 Å². The van der Waals surface area contributed by atoms with Gasteiger partial charge < -0.3 is 19.9 Å². The van der Waals surface area contributed by atoms with Crippen molar-refractivity contribution in [3.8, 4) is 0 Å². The van der Waals surface area contributed by atoms with Crippen molar-refractivity contribution in [2.24, 2.45) is 0 Å². The van der Waals surface area contributed by atoms with E-state index < -0.39 is 54.5 Å². The monoisotopic (exact) mass is 493 g/mol. The fourth-order valence-electron chi connectivity index (χ4n) is 3.75. The van der Waals surface area contributed by atoms with Gasteiger partial charge in [-0.25, -0.2) is 18.7 Å². The van der Waals surface area contributed by atoms with Crippen molar-refractivity contribution < 1.29 is 41.4 Å². The zero-order valence-electron chi connectivity index (χ0n) is 18.4. The van der Waals surface area contributed by atoms with Crippen molar-refractivity contribution in [2.45, 2.75) is 77.0 Å². The quantitative estimate of drug-likeness (QED) is 0.450. The summed E-state index contributed by atoms with van der Waals surface area (Å²) in [4.78, 5) is 44.0. The van der Waals surface area contributed by atoms with Crippen LogP contribution < -0.4 is 11.4 Å². The molecule has 0 aromatic carbocycles. The molecule has 2 aromatic heterocycles. The summed E-state index contributed by atoms with van der Waals surface area (Å²) in [6.07, 6.45) is -14.6. The van der Waals surface area contributed by atoms with Crippen LogP contribution in [0, 0.1) is 0 Å². The van der Waals surface area contributed by atoms with Crippen LogP contribution in [0.25, 0.3) is 11.2 Å². The average molecular weight is 493 g/mol. The minimum absolute atomic E-state index is 0.153. The van der Waals surface area contributed by atoms with E-state index in [2.05, 4.69) is 14.7 Å². The molecule has 34 heavy (non-hydrogen) atoms. The predicted octanol–water partition coefficient (Wildman–Crippen LogP) is 1.64. The first-order valence-corrected chi connectivity index (χ1v) is 10.3. The molecule has 3 rings (SSSR count). The number of aromatic nitrogens is 4. The van der Waals surface area contributed by atoms with Crippen molar-refractivity contribution in [2.75, 3.05) is 5.73 Å². The molecule has 2 aromatic rings. The Bertz CT molecular complexity index is 1130. The molecule has 15 heteroatoms. The molecule has 11 nitrogen and oxygen atoms in total. The molecule has 1 aliphatic heterocycles. The Kier molecular flexibility index (Phi) is 7.14. The fourth-order valence-corrected chi connectivity index (χ4v) is 3.75. The zero-order chi connectivity index (χ0) is 25.4. The minimum Gasteiger partial charge on any atom is -0.454 e. The number of hydrogen-bond donors (Lipinski definition) is 1. The molecule has 2 N–H and O–H groups in total. The van der Waals surface area contributed by atoms with Crippen molar-refractivity contribution in [1.29, 1.82) is 0 Å². The molecule has 0 saturated carbocycles. The van der Waals surface area contributed by atoms with Gasteiger partial charge in [-0.15, -0.1) is 0 Å². The highest BCUT2D eigenvalue weighted by atomic mass is 19.4. The summed E-state index contributed by atoms with van der Waals surface area (Å²) < 4.78 is 72.7. The molecule has 0 aliphatic carbocycles. The Labute approximate surface area is 189 Å². The fraction of sp³-hybridized carbons (Fsp3) is 0.632. The Morgan fingerprint density at radius 3 is 2.53 bits per heavy atom. The number of nitrogens with two attached hydrogens (primary N) is 1. The standard InChI is InChI=1S/C19H23F4N5O6/c1-4-5-6-27-10-7-25-17(24)26-15(10)28(18(27)31)16-13(32-8(2)29)11(20)12(34-16)14(19(21,22)23)33-9(3)30/h7,11-14,16H,4-6H2,1-3H3,(H2,24,25,26)/t11?,12?,13?,14-,16?/m1/s1. The smallest absolute Gasteiger partial charge is 0.428 e. The van der Waals surface area contributed by atoms with E-state index in [0.717, 1.165) is 11.5 Å². The number of aryl methyl sites for hydroxylation is 1. The van der Waals surface area contributed by atoms with Gasteiger partial charge in [0.15, 0.2) is 24.2 Å². The van der Waals surface area contributed by atoms with E-state index in [1.807, 2.05) is 6.92 Å². The second kappa shape index (κ2) is 9.56. The van der Waals surface area contributed by atoms with Crippen molar-refractivity contribution in [3.63, 3.8) is 0 Å². The number of ether oxygens (including phenoxy) is 3. The maximum absolute atomic E-state index is 15.3. The molecule has 0 radical (unpaired) electrons. The van der Waals surface area contributed by atoms with E-state index in [1.165, 1.54) is 10.8 Å². The van der Waals surface area contributed by atoms with Crippen LogP contribution in [0.1, 0.15) is 39.8 Å². The Hall–Kier alpha value is -3.23. The number of carbonyl (C=O) groups is 2. The topological polar surface area (TPSA) is 141 Å². The van der Waals surface area contributed by atoms with E-state index in [1.54, 1.807) is 0 Å². The van der Waals surface area contributed by atoms with E-state index in [4.69, 9.17) is 15.2 Å². The highest BCUT2D eigenvalue weighted by Gasteiger charge is 2.60. The maximum atomic E-state index is 15.3. The molecular formula is C19H23F4N5O6. The number of nitrogens with zero attached hydrogens (tertiary/aromatic N) is 4. The van der Waals surface area contributed by atoms with Gasteiger partial charge in [-0.2, -0.15) is 18.2 Å². The largest absolute Gasteiger partial charge is 0.454 e. The van der Waals surface area contributed by atoms with Crippen LogP contribution in [0.15, 0.2) is 11.0 Å². The summed E-state index contributed by atoms with van der Waals surface area (Å²) in [6.45, 7) is 3.70. The zero-order valence-corrected chi connectivity index (χ0v) is 18.4. The third-order valence-corrected chi connectivity index (χ3v) is 5.14. The molecular weight excluding hydrogens is 470 g/mol. The number of unbranched alkanes of at least 4 members (excludes halogenated alkanes) is 1. The summed E-state index contributed by atoms with van der Waals surface area (Å²) in [5, 5.41) is 0. The molecule has 188 valence electrons. The van der Waals surface area contributed by atoms with Crippen LogP contribution in [-0.2, 0) is 30.3 Å². The lowest BCUT2D eigenvalue weighted by atomic mass is 10.1. The third-order valence-electron chi connectivity index (χ3n) is 5.14. The van der Waals surface area contributed by atoms with E-state index in [-0.39, 0.29) is 23.7 Å². The Morgan fingerprint density at radius 2 is 1.97 bits per heavy atom. The normalized spacial score (nSPS) is 23.7. The second-order valence-electron chi connectivity index (χ2n) is 7.68. The molecule has 1 saturated heterocycles. The molecule has 0 amide bonds. The second-order valence-corrected chi connectivity index (χ2v) is 7.68. The van der Waals surface area contributed by atoms with Gasteiger partial charge in [-0.3, -0.25) is 14.2 Å². The first-order chi connectivity index (χ1) is 15.9. The van der Waals surface area contributed by atoms with Crippen LogP contribution >= 0.6 is 0 Å². The number of nitrogen functional groups attached to an aromatic ring is 1. The van der Waals surface area contributed by atoms with Crippen molar-refractivity contribution in [3.05, 3.63) is 16.7 Å². The van der Waals surface area contributed by atoms with Gasteiger partial charge in [-0.1, -0.05) is 13.3 Å². The summed E-state index contributed by atoms with van der Waals surface area (Å²) >= 11 is 0. The van der Waals surface area contributed by atoms with Crippen LogP contribution in [0.3, 0.4) is 0 Å². The van der Waals surface area contributed by atoms with Crippen molar-refractivity contribution in [1.82, 2.24) is 19.1 Å². The number of halogens is 4. The summed E-state index contributed by atoms with van der Waals surface area (Å²) in [5.74, 6) is -2.63. The summed E-state index contributed by atoms with van der Waals surface area (Å²) in [5.41, 5.74) is 4.83.